The number of sulfone groups is 1. The van der Waals surface area contributed by atoms with Crippen LogP contribution in [-0.2, 0) is 14.6 Å². The van der Waals surface area contributed by atoms with Crippen molar-refractivity contribution in [2.75, 3.05) is 6.54 Å². The van der Waals surface area contributed by atoms with E-state index in [9.17, 15) is 18.3 Å². The van der Waals surface area contributed by atoms with Crippen LogP contribution >= 0.6 is 0 Å². The third-order valence-electron chi connectivity index (χ3n) is 4.83. The summed E-state index contributed by atoms with van der Waals surface area (Å²) in [5, 5.41) is 8.66. The van der Waals surface area contributed by atoms with Gasteiger partial charge in [0.05, 0.1) is 10.1 Å². The van der Waals surface area contributed by atoms with Crippen molar-refractivity contribution in [3.05, 3.63) is 65.7 Å². The van der Waals surface area contributed by atoms with Gasteiger partial charge in [-0.05, 0) is 24.6 Å². The SMILES string of the molecule is Cc1ccc(S(=O)(=O)[C@@H]2[C@H](c3ccccc3)[C@]2(CN)C(=O)O)cc1. The molecule has 2 aromatic carbocycles. The van der Waals surface area contributed by atoms with Crippen LogP contribution in [0.2, 0.25) is 0 Å². The quantitative estimate of drug-likeness (QED) is 0.863. The minimum Gasteiger partial charge on any atom is -0.481 e. The number of rotatable bonds is 5. The first-order valence-electron chi connectivity index (χ1n) is 7.64. The molecule has 0 bridgehead atoms. The molecule has 1 saturated carbocycles. The van der Waals surface area contributed by atoms with Crippen LogP contribution in [0.15, 0.2) is 59.5 Å². The number of aryl methyl sites for hydroxylation is 1. The maximum atomic E-state index is 13.0. The molecule has 0 unspecified atom stereocenters. The van der Waals surface area contributed by atoms with E-state index in [1.807, 2.05) is 6.92 Å². The molecule has 0 spiro atoms. The Balaban J connectivity index is 2.11. The highest BCUT2D eigenvalue weighted by Gasteiger charge is 2.75. The molecule has 1 aliphatic carbocycles. The second-order valence-electron chi connectivity index (χ2n) is 6.22. The molecule has 3 atom stereocenters. The maximum absolute atomic E-state index is 13.0. The number of hydrogen-bond donors (Lipinski definition) is 2. The van der Waals surface area contributed by atoms with Crippen molar-refractivity contribution < 1.29 is 18.3 Å². The number of benzene rings is 2. The lowest BCUT2D eigenvalue weighted by atomic mass is 9.99. The summed E-state index contributed by atoms with van der Waals surface area (Å²) < 4.78 is 26.1. The second kappa shape index (κ2) is 5.72. The molecule has 1 aliphatic rings. The van der Waals surface area contributed by atoms with Crippen molar-refractivity contribution in [2.24, 2.45) is 11.1 Å². The summed E-state index contributed by atoms with van der Waals surface area (Å²) in [4.78, 5) is 12.0. The molecular formula is C18H19NO4S. The first-order chi connectivity index (χ1) is 11.4. The van der Waals surface area contributed by atoms with Gasteiger partial charge in [0.15, 0.2) is 9.84 Å². The minimum absolute atomic E-state index is 0.135. The van der Waals surface area contributed by atoms with E-state index in [0.29, 0.717) is 5.56 Å². The third kappa shape index (κ3) is 2.34. The topological polar surface area (TPSA) is 97.5 Å². The van der Waals surface area contributed by atoms with Crippen LogP contribution in [0.3, 0.4) is 0 Å². The summed E-state index contributed by atoms with van der Waals surface area (Å²) in [6.45, 7) is 1.64. The average molecular weight is 345 g/mol. The van der Waals surface area contributed by atoms with Crippen molar-refractivity contribution in [3.8, 4) is 0 Å². The van der Waals surface area contributed by atoms with Crippen molar-refractivity contribution in [1.29, 1.82) is 0 Å². The molecule has 6 heteroatoms. The fourth-order valence-electron chi connectivity index (χ4n) is 3.45. The van der Waals surface area contributed by atoms with E-state index in [1.54, 1.807) is 42.5 Å². The van der Waals surface area contributed by atoms with Gasteiger partial charge in [0.25, 0.3) is 0 Å². The molecule has 3 rings (SSSR count). The Bertz CT molecular complexity index is 862. The van der Waals surface area contributed by atoms with Gasteiger partial charge in [-0.1, -0.05) is 48.0 Å². The van der Waals surface area contributed by atoms with Gasteiger partial charge in [0.2, 0.25) is 0 Å². The number of carboxylic acid groups (broad SMARTS) is 1. The van der Waals surface area contributed by atoms with Crippen molar-refractivity contribution in [1.82, 2.24) is 0 Å². The summed E-state index contributed by atoms with van der Waals surface area (Å²) in [6, 6.07) is 15.3. The number of hydrogen-bond acceptors (Lipinski definition) is 4. The van der Waals surface area contributed by atoms with Gasteiger partial charge in [0, 0.05) is 12.5 Å². The Morgan fingerprint density at radius 3 is 2.21 bits per heavy atom. The largest absolute Gasteiger partial charge is 0.481 e. The molecule has 0 aliphatic heterocycles. The van der Waals surface area contributed by atoms with Gasteiger partial charge in [-0.3, -0.25) is 4.79 Å². The van der Waals surface area contributed by atoms with Gasteiger partial charge >= 0.3 is 5.97 Å². The zero-order valence-electron chi connectivity index (χ0n) is 13.2. The molecule has 5 nitrogen and oxygen atoms in total. The van der Waals surface area contributed by atoms with Gasteiger partial charge in [0.1, 0.15) is 5.41 Å². The van der Waals surface area contributed by atoms with Crippen LogP contribution in [-0.4, -0.2) is 31.3 Å². The number of carbonyl (C=O) groups is 1. The Morgan fingerprint density at radius 1 is 1.12 bits per heavy atom. The van der Waals surface area contributed by atoms with Crippen LogP contribution in [0.25, 0.3) is 0 Å². The summed E-state index contributed by atoms with van der Waals surface area (Å²) in [5.41, 5.74) is 5.88. The Kier molecular flexibility index (Phi) is 3.97. The van der Waals surface area contributed by atoms with Gasteiger partial charge in [-0.25, -0.2) is 8.42 Å². The fourth-order valence-corrected chi connectivity index (χ4v) is 5.84. The normalized spacial score (nSPS) is 26.1. The van der Waals surface area contributed by atoms with E-state index in [0.717, 1.165) is 5.56 Å². The molecule has 3 N–H and O–H groups in total. The van der Waals surface area contributed by atoms with Crippen LogP contribution in [0.1, 0.15) is 17.0 Å². The first-order valence-corrected chi connectivity index (χ1v) is 9.19. The van der Waals surface area contributed by atoms with Crippen LogP contribution in [0, 0.1) is 12.3 Å². The zero-order chi connectivity index (χ0) is 17.5. The maximum Gasteiger partial charge on any atom is 0.312 e. The van der Waals surface area contributed by atoms with Crippen molar-refractivity contribution in [3.63, 3.8) is 0 Å². The smallest absolute Gasteiger partial charge is 0.312 e. The van der Waals surface area contributed by atoms with Crippen molar-refractivity contribution >= 4 is 15.8 Å². The molecule has 0 heterocycles. The molecule has 0 radical (unpaired) electrons. The molecular weight excluding hydrogens is 326 g/mol. The third-order valence-corrected chi connectivity index (χ3v) is 7.13. The number of carboxylic acids is 1. The molecule has 0 aromatic heterocycles. The molecule has 0 saturated heterocycles. The van der Waals surface area contributed by atoms with E-state index in [-0.39, 0.29) is 11.4 Å². The summed E-state index contributed by atoms with van der Waals surface area (Å²) in [5.74, 6) is -1.81. The van der Waals surface area contributed by atoms with Gasteiger partial charge in [-0.15, -0.1) is 0 Å². The predicted octanol–water partition coefficient (Wildman–Crippen LogP) is 1.96. The molecule has 126 valence electrons. The van der Waals surface area contributed by atoms with E-state index in [2.05, 4.69) is 0 Å². The number of aliphatic carboxylic acids is 1. The Hall–Kier alpha value is -2.18. The molecule has 0 amide bonds. The van der Waals surface area contributed by atoms with E-state index >= 15 is 0 Å². The van der Waals surface area contributed by atoms with Crippen LogP contribution < -0.4 is 5.73 Å². The average Bonchev–Trinajstić information content (AvgIpc) is 3.28. The summed E-state index contributed by atoms with van der Waals surface area (Å²) in [7, 11) is -3.81. The molecule has 24 heavy (non-hydrogen) atoms. The Labute approximate surface area is 141 Å². The fraction of sp³-hybridized carbons (Fsp3) is 0.278. The molecule has 1 fully saturated rings. The molecule has 2 aromatic rings. The van der Waals surface area contributed by atoms with E-state index in [4.69, 9.17) is 5.73 Å². The number of nitrogens with two attached hydrogens (primary N) is 1. The highest BCUT2D eigenvalue weighted by Crippen LogP contribution is 2.63. The standard InChI is InChI=1S/C18H19NO4S/c1-12-7-9-14(10-8-12)24(22,23)16-15(13-5-3-2-4-6-13)18(16,11-19)17(20)21/h2-10,15-16H,11,19H2,1H3,(H,20,21)/t15-,16+,18-/m0/s1. The van der Waals surface area contributed by atoms with Crippen LogP contribution in [0.4, 0.5) is 0 Å². The highest BCUT2D eigenvalue weighted by atomic mass is 32.2. The van der Waals surface area contributed by atoms with Crippen molar-refractivity contribution in [2.45, 2.75) is 23.0 Å². The lowest BCUT2D eigenvalue weighted by Crippen LogP contribution is -2.31. The lowest BCUT2D eigenvalue weighted by molar-refractivity contribution is -0.143. The van der Waals surface area contributed by atoms with Crippen LogP contribution in [0.5, 0.6) is 0 Å². The zero-order valence-corrected chi connectivity index (χ0v) is 14.0. The Morgan fingerprint density at radius 2 is 1.71 bits per heavy atom. The van der Waals surface area contributed by atoms with E-state index < -0.39 is 32.4 Å². The lowest BCUT2D eigenvalue weighted by Gasteiger charge is -2.10. The highest BCUT2D eigenvalue weighted by molar-refractivity contribution is 7.92. The van der Waals surface area contributed by atoms with Gasteiger partial charge < -0.3 is 10.8 Å². The second-order valence-corrected chi connectivity index (χ2v) is 8.29. The predicted molar refractivity (Wildman–Crippen MR) is 90.5 cm³/mol. The van der Waals surface area contributed by atoms with E-state index in [1.165, 1.54) is 12.1 Å². The monoisotopic (exact) mass is 345 g/mol. The van der Waals surface area contributed by atoms with Gasteiger partial charge in [-0.2, -0.15) is 0 Å². The first kappa shape index (κ1) is 16.7. The summed E-state index contributed by atoms with van der Waals surface area (Å²) in [6.07, 6.45) is 0. The minimum atomic E-state index is -3.81. The summed E-state index contributed by atoms with van der Waals surface area (Å²) >= 11 is 0.